The van der Waals surface area contributed by atoms with Crippen molar-refractivity contribution in [3.8, 4) is 0 Å². The van der Waals surface area contributed by atoms with Gasteiger partial charge >= 0.3 is 12.1 Å². The first kappa shape index (κ1) is 16.3. The molecule has 1 atom stereocenters. The van der Waals surface area contributed by atoms with Crippen molar-refractivity contribution in [2.45, 2.75) is 37.9 Å². The zero-order valence-corrected chi connectivity index (χ0v) is 10.8. The molecule has 0 fully saturated rings. The minimum atomic E-state index is -4.34. The smallest absolute Gasteiger partial charge is 0.389 e. The lowest BCUT2D eigenvalue weighted by Crippen LogP contribution is -2.43. The number of carbonyl (C=O) groups is 1. The summed E-state index contributed by atoms with van der Waals surface area (Å²) in [6.45, 7) is 1.23. The molecule has 20 heavy (non-hydrogen) atoms. The number of benzene rings is 1. The molecule has 0 aliphatic heterocycles. The van der Waals surface area contributed by atoms with Crippen LogP contribution in [-0.2, 0) is 4.79 Å². The Morgan fingerprint density at radius 2 is 1.85 bits per heavy atom. The summed E-state index contributed by atoms with van der Waals surface area (Å²) in [4.78, 5) is 11.2. The third-order valence-electron chi connectivity index (χ3n) is 2.89. The lowest BCUT2D eigenvalue weighted by atomic mass is 9.94. The summed E-state index contributed by atoms with van der Waals surface area (Å²) in [5, 5.41) is 11.6. The van der Waals surface area contributed by atoms with Crippen LogP contribution < -0.4 is 5.32 Å². The molecule has 0 aliphatic carbocycles. The molecule has 1 rings (SSSR count). The molecule has 0 heterocycles. The number of anilines is 1. The molecule has 0 radical (unpaired) electrons. The second-order valence-electron chi connectivity index (χ2n) is 4.71. The van der Waals surface area contributed by atoms with Gasteiger partial charge in [-0.3, -0.25) is 0 Å². The van der Waals surface area contributed by atoms with Crippen LogP contribution in [0.1, 0.15) is 26.2 Å². The molecule has 1 aromatic carbocycles. The Hall–Kier alpha value is -1.79. The van der Waals surface area contributed by atoms with Crippen molar-refractivity contribution in [3.63, 3.8) is 0 Å². The first-order valence-electron chi connectivity index (χ1n) is 5.97. The van der Waals surface area contributed by atoms with Crippen molar-refractivity contribution in [1.29, 1.82) is 0 Å². The molecule has 0 amide bonds. The SMILES string of the molecule is CC(CCCC(F)(F)F)(Nc1ccccc1F)C(=O)O. The van der Waals surface area contributed by atoms with E-state index >= 15 is 0 Å². The van der Waals surface area contributed by atoms with Gasteiger partial charge in [0.25, 0.3) is 0 Å². The number of para-hydroxylation sites is 1. The van der Waals surface area contributed by atoms with Gasteiger partial charge in [-0.25, -0.2) is 9.18 Å². The van der Waals surface area contributed by atoms with Gasteiger partial charge in [-0.1, -0.05) is 12.1 Å². The van der Waals surface area contributed by atoms with E-state index in [2.05, 4.69) is 5.32 Å². The molecule has 0 saturated carbocycles. The Morgan fingerprint density at radius 1 is 1.25 bits per heavy atom. The molecule has 0 aromatic heterocycles. The number of nitrogens with one attached hydrogen (secondary N) is 1. The van der Waals surface area contributed by atoms with Gasteiger partial charge in [-0.15, -0.1) is 0 Å². The summed E-state index contributed by atoms with van der Waals surface area (Å²) in [5.74, 6) is -1.99. The summed E-state index contributed by atoms with van der Waals surface area (Å²) < 4.78 is 49.7. The first-order valence-corrected chi connectivity index (χ1v) is 5.97. The first-order chi connectivity index (χ1) is 9.14. The van der Waals surface area contributed by atoms with Crippen LogP contribution in [0.2, 0.25) is 0 Å². The molecule has 0 saturated heterocycles. The average Bonchev–Trinajstić information content (AvgIpc) is 2.30. The molecule has 1 unspecified atom stereocenters. The van der Waals surface area contributed by atoms with Crippen molar-refractivity contribution in [2.75, 3.05) is 5.32 Å². The van der Waals surface area contributed by atoms with Crippen molar-refractivity contribution in [2.24, 2.45) is 0 Å². The van der Waals surface area contributed by atoms with Gasteiger partial charge in [0.2, 0.25) is 0 Å². The molecule has 0 bridgehead atoms. The molecular weight excluding hydrogens is 278 g/mol. The Labute approximate surface area is 113 Å². The molecule has 1 aromatic rings. The van der Waals surface area contributed by atoms with Crippen LogP contribution in [0, 0.1) is 5.82 Å². The monoisotopic (exact) mass is 293 g/mol. The van der Waals surface area contributed by atoms with Crippen LogP contribution in [0.4, 0.5) is 23.2 Å². The fraction of sp³-hybridized carbons (Fsp3) is 0.462. The summed E-state index contributed by atoms with van der Waals surface area (Å²) >= 11 is 0. The molecule has 7 heteroatoms. The van der Waals surface area contributed by atoms with Gasteiger partial charge in [-0.05, 0) is 31.9 Å². The second-order valence-corrected chi connectivity index (χ2v) is 4.71. The number of hydrogen-bond acceptors (Lipinski definition) is 2. The molecule has 2 N–H and O–H groups in total. The van der Waals surface area contributed by atoms with Crippen LogP contribution >= 0.6 is 0 Å². The van der Waals surface area contributed by atoms with E-state index in [1.54, 1.807) is 0 Å². The van der Waals surface area contributed by atoms with Crippen LogP contribution in [0.3, 0.4) is 0 Å². The predicted molar refractivity (Wildman–Crippen MR) is 66.0 cm³/mol. The maximum atomic E-state index is 13.5. The van der Waals surface area contributed by atoms with Gasteiger partial charge in [0, 0.05) is 6.42 Å². The standard InChI is InChI=1S/C13H15F4NO2/c1-12(11(19)20,7-4-8-13(15,16)17)18-10-6-3-2-5-9(10)14/h2-3,5-6,18H,4,7-8H2,1H3,(H,19,20). The third kappa shape index (κ3) is 4.71. The molecule has 3 nitrogen and oxygen atoms in total. The number of hydrogen-bond donors (Lipinski definition) is 2. The van der Waals surface area contributed by atoms with E-state index in [9.17, 15) is 22.4 Å². The van der Waals surface area contributed by atoms with Gasteiger partial charge in [0.15, 0.2) is 0 Å². The van der Waals surface area contributed by atoms with Crippen molar-refractivity contribution in [3.05, 3.63) is 30.1 Å². The summed E-state index contributed by atoms with van der Waals surface area (Å²) in [7, 11) is 0. The molecule has 112 valence electrons. The van der Waals surface area contributed by atoms with E-state index in [1.807, 2.05) is 0 Å². The lowest BCUT2D eigenvalue weighted by Gasteiger charge is -2.27. The predicted octanol–water partition coefficient (Wildman–Crippen LogP) is 3.81. The summed E-state index contributed by atoms with van der Waals surface area (Å²) in [5.41, 5.74) is -1.71. The second kappa shape index (κ2) is 6.11. The fourth-order valence-electron chi connectivity index (χ4n) is 1.73. The quantitative estimate of drug-likeness (QED) is 0.784. The van der Waals surface area contributed by atoms with E-state index in [0.29, 0.717) is 0 Å². The maximum absolute atomic E-state index is 13.5. The van der Waals surface area contributed by atoms with Crippen molar-refractivity contribution in [1.82, 2.24) is 0 Å². The number of alkyl halides is 3. The summed E-state index contributed by atoms with van der Waals surface area (Å²) in [6.07, 6.45) is -6.03. The van der Waals surface area contributed by atoms with E-state index < -0.39 is 29.9 Å². The minimum Gasteiger partial charge on any atom is -0.480 e. The van der Waals surface area contributed by atoms with E-state index in [0.717, 1.165) is 6.07 Å². The fourth-order valence-corrected chi connectivity index (χ4v) is 1.73. The van der Waals surface area contributed by atoms with Crippen LogP contribution in [0.15, 0.2) is 24.3 Å². The number of rotatable bonds is 6. The van der Waals surface area contributed by atoms with Crippen molar-refractivity contribution >= 4 is 11.7 Å². The van der Waals surface area contributed by atoms with Gasteiger partial charge in [0.05, 0.1) is 5.69 Å². The Balaban J connectivity index is 2.77. The average molecular weight is 293 g/mol. The highest BCUT2D eigenvalue weighted by molar-refractivity contribution is 5.82. The topological polar surface area (TPSA) is 49.3 Å². The van der Waals surface area contributed by atoms with E-state index in [4.69, 9.17) is 5.11 Å². The Bertz CT molecular complexity index is 476. The van der Waals surface area contributed by atoms with Crippen LogP contribution in [0.5, 0.6) is 0 Å². The van der Waals surface area contributed by atoms with E-state index in [-0.39, 0.29) is 18.5 Å². The highest BCUT2D eigenvalue weighted by Gasteiger charge is 2.35. The van der Waals surface area contributed by atoms with Crippen molar-refractivity contribution < 1.29 is 27.5 Å². The highest BCUT2D eigenvalue weighted by Crippen LogP contribution is 2.27. The number of carboxylic acid groups (broad SMARTS) is 1. The zero-order chi connectivity index (χ0) is 15.4. The number of aliphatic carboxylic acids is 1. The maximum Gasteiger partial charge on any atom is 0.389 e. The van der Waals surface area contributed by atoms with Crippen LogP contribution in [-0.4, -0.2) is 22.8 Å². The molecule has 0 aliphatic rings. The van der Waals surface area contributed by atoms with E-state index in [1.165, 1.54) is 25.1 Å². The largest absolute Gasteiger partial charge is 0.480 e. The van der Waals surface area contributed by atoms with Gasteiger partial charge in [0.1, 0.15) is 11.4 Å². The van der Waals surface area contributed by atoms with Crippen LogP contribution in [0.25, 0.3) is 0 Å². The zero-order valence-electron chi connectivity index (χ0n) is 10.8. The summed E-state index contributed by atoms with van der Waals surface area (Å²) in [6, 6.07) is 5.41. The number of halogens is 4. The van der Waals surface area contributed by atoms with Gasteiger partial charge in [-0.2, -0.15) is 13.2 Å². The normalized spacial score (nSPS) is 14.7. The Morgan fingerprint density at radius 3 is 2.35 bits per heavy atom. The minimum absolute atomic E-state index is 0.0515. The number of carboxylic acids is 1. The van der Waals surface area contributed by atoms with Gasteiger partial charge < -0.3 is 10.4 Å². The Kier molecular flexibility index (Phi) is 4.97. The molecule has 0 spiro atoms. The lowest BCUT2D eigenvalue weighted by molar-refractivity contribution is -0.145. The highest BCUT2D eigenvalue weighted by atomic mass is 19.4. The third-order valence-corrected chi connectivity index (χ3v) is 2.89. The molecular formula is C13H15F4NO2.